The molecule has 2 N–H and O–H groups in total. The molecule has 2 rings (SSSR count). The minimum Gasteiger partial charge on any atom is -0.473 e. The fourth-order valence-electron chi connectivity index (χ4n) is 2.26. The third kappa shape index (κ3) is 4.99. The molecule has 0 heterocycles. The van der Waals surface area contributed by atoms with E-state index < -0.39 is 0 Å². The topological polar surface area (TPSA) is 50.4 Å². The average molecular weight is 391 g/mol. The Morgan fingerprint density at radius 3 is 2.54 bits per heavy atom. The molecule has 0 aliphatic rings. The molecule has 0 radical (unpaired) electrons. The molecule has 0 bridgehead atoms. The number of rotatable bonds is 4. The van der Waals surface area contributed by atoms with E-state index >= 15 is 0 Å². The van der Waals surface area contributed by atoms with Gasteiger partial charge in [0, 0.05) is 4.47 Å². The largest absolute Gasteiger partial charge is 0.473 e. The summed E-state index contributed by atoms with van der Waals surface area (Å²) in [6.45, 7) is 8.58. The Morgan fingerprint density at radius 1 is 1.17 bits per heavy atom. The van der Waals surface area contributed by atoms with Crippen molar-refractivity contribution < 1.29 is 9.53 Å². The SMILES string of the molecule is Cc1ccc(OCNC(=O)Nc2ccccc2Br)c(C(C)(C)C)c1. The molecular formula is C19H23BrN2O2. The van der Waals surface area contributed by atoms with Crippen LogP contribution < -0.4 is 15.4 Å². The molecule has 2 aromatic rings. The Balaban J connectivity index is 1.95. The lowest BCUT2D eigenvalue weighted by atomic mass is 9.85. The molecule has 2 aromatic carbocycles. The van der Waals surface area contributed by atoms with Gasteiger partial charge in [-0.1, -0.05) is 50.6 Å². The minimum absolute atomic E-state index is 0.0293. The van der Waals surface area contributed by atoms with Crippen LogP contribution in [0.2, 0.25) is 0 Å². The van der Waals surface area contributed by atoms with Crippen molar-refractivity contribution in [2.45, 2.75) is 33.1 Å². The monoisotopic (exact) mass is 390 g/mol. The summed E-state index contributed by atoms with van der Waals surface area (Å²) in [5.41, 5.74) is 2.99. The lowest BCUT2D eigenvalue weighted by molar-refractivity contribution is 0.233. The van der Waals surface area contributed by atoms with E-state index in [0.717, 1.165) is 15.8 Å². The number of hydrogen-bond acceptors (Lipinski definition) is 2. The van der Waals surface area contributed by atoms with Gasteiger partial charge in [-0.2, -0.15) is 0 Å². The van der Waals surface area contributed by atoms with E-state index in [1.807, 2.05) is 36.4 Å². The van der Waals surface area contributed by atoms with Crippen LogP contribution >= 0.6 is 15.9 Å². The third-order valence-electron chi connectivity index (χ3n) is 3.53. The van der Waals surface area contributed by atoms with Crippen molar-refractivity contribution >= 4 is 27.6 Å². The molecule has 2 amide bonds. The first-order valence-electron chi connectivity index (χ1n) is 7.80. The van der Waals surface area contributed by atoms with Crippen molar-refractivity contribution in [3.05, 3.63) is 58.1 Å². The summed E-state index contributed by atoms with van der Waals surface area (Å²) < 4.78 is 6.60. The number of nitrogens with one attached hydrogen (secondary N) is 2. The third-order valence-corrected chi connectivity index (χ3v) is 4.22. The lowest BCUT2D eigenvalue weighted by Crippen LogP contribution is -2.32. The van der Waals surface area contributed by atoms with Crippen molar-refractivity contribution in [2.75, 3.05) is 12.0 Å². The first-order valence-corrected chi connectivity index (χ1v) is 8.60. The van der Waals surface area contributed by atoms with Crippen molar-refractivity contribution in [3.8, 4) is 5.75 Å². The van der Waals surface area contributed by atoms with Crippen LogP contribution in [0.1, 0.15) is 31.9 Å². The summed E-state index contributed by atoms with van der Waals surface area (Å²) in [4.78, 5) is 12.0. The standard InChI is InChI=1S/C19H23BrN2O2/c1-13-9-10-17(14(11-13)19(2,3)4)24-12-21-18(23)22-16-8-6-5-7-15(16)20/h5-11H,12H2,1-4H3,(H2,21,22,23). The maximum Gasteiger partial charge on any atom is 0.321 e. The molecule has 128 valence electrons. The van der Waals surface area contributed by atoms with Gasteiger partial charge in [0.25, 0.3) is 0 Å². The molecule has 0 unspecified atom stereocenters. The van der Waals surface area contributed by atoms with E-state index in [0.29, 0.717) is 5.69 Å². The fourth-order valence-corrected chi connectivity index (χ4v) is 2.65. The van der Waals surface area contributed by atoms with Crippen LogP contribution in [0.4, 0.5) is 10.5 Å². The molecular weight excluding hydrogens is 368 g/mol. The highest BCUT2D eigenvalue weighted by Gasteiger charge is 2.19. The number of amides is 2. The first-order chi connectivity index (χ1) is 11.3. The summed E-state index contributed by atoms with van der Waals surface area (Å²) in [5.74, 6) is 0.786. The number of urea groups is 1. The van der Waals surface area contributed by atoms with Crippen LogP contribution in [0.15, 0.2) is 46.9 Å². The van der Waals surface area contributed by atoms with Crippen LogP contribution in [-0.2, 0) is 5.41 Å². The van der Waals surface area contributed by atoms with E-state index in [9.17, 15) is 4.79 Å². The van der Waals surface area contributed by atoms with Crippen LogP contribution in [0.3, 0.4) is 0 Å². The zero-order valence-electron chi connectivity index (χ0n) is 14.4. The molecule has 24 heavy (non-hydrogen) atoms. The molecule has 0 aromatic heterocycles. The smallest absolute Gasteiger partial charge is 0.321 e. The average Bonchev–Trinajstić information content (AvgIpc) is 2.50. The summed E-state index contributed by atoms with van der Waals surface area (Å²) >= 11 is 3.39. The number of para-hydroxylation sites is 1. The Hall–Kier alpha value is -2.01. The second-order valence-electron chi connectivity index (χ2n) is 6.65. The Bertz CT molecular complexity index is 724. The molecule has 5 heteroatoms. The lowest BCUT2D eigenvalue weighted by Gasteiger charge is -2.23. The van der Waals surface area contributed by atoms with Gasteiger partial charge in [0.1, 0.15) is 5.75 Å². The molecule has 4 nitrogen and oxygen atoms in total. The van der Waals surface area contributed by atoms with Gasteiger partial charge in [-0.05, 0) is 52.0 Å². The Kier molecular flexibility index (Phi) is 5.89. The number of benzene rings is 2. The second-order valence-corrected chi connectivity index (χ2v) is 7.50. The molecule has 0 aliphatic heterocycles. The zero-order chi connectivity index (χ0) is 17.7. The van der Waals surface area contributed by atoms with Gasteiger partial charge < -0.3 is 15.4 Å². The van der Waals surface area contributed by atoms with Gasteiger partial charge in [-0.25, -0.2) is 4.79 Å². The molecule has 0 saturated heterocycles. The first kappa shape index (κ1) is 18.3. The van der Waals surface area contributed by atoms with E-state index in [1.165, 1.54) is 5.56 Å². The molecule has 0 saturated carbocycles. The van der Waals surface area contributed by atoms with E-state index in [1.54, 1.807) is 0 Å². The van der Waals surface area contributed by atoms with Crippen LogP contribution in [0.5, 0.6) is 5.75 Å². The predicted octanol–water partition coefficient (Wildman–Crippen LogP) is 5.21. The zero-order valence-corrected chi connectivity index (χ0v) is 16.0. The number of halogens is 1. The van der Waals surface area contributed by atoms with E-state index in [-0.39, 0.29) is 18.2 Å². The van der Waals surface area contributed by atoms with Gasteiger partial charge in [-0.15, -0.1) is 0 Å². The van der Waals surface area contributed by atoms with Gasteiger partial charge in [0.05, 0.1) is 5.69 Å². The van der Waals surface area contributed by atoms with Crippen LogP contribution in [0, 0.1) is 6.92 Å². The highest BCUT2D eigenvalue weighted by atomic mass is 79.9. The van der Waals surface area contributed by atoms with Crippen LogP contribution in [0.25, 0.3) is 0 Å². The molecule has 0 atom stereocenters. The number of hydrogen-bond donors (Lipinski definition) is 2. The summed E-state index contributed by atoms with van der Waals surface area (Å²) in [5, 5.41) is 5.48. The Morgan fingerprint density at radius 2 is 1.88 bits per heavy atom. The highest BCUT2D eigenvalue weighted by molar-refractivity contribution is 9.10. The van der Waals surface area contributed by atoms with Crippen molar-refractivity contribution in [3.63, 3.8) is 0 Å². The molecule has 0 fully saturated rings. The van der Waals surface area contributed by atoms with Crippen LogP contribution in [-0.4, -0.2) is 12.8 Å². The summed E-state index contributed by atoms with van der Waals surface area (Å²) in [7, 11) is 0. The predicted molar refractivity (Wildman–Crippen MR) is 102 cm³/mol. The number of anilines is 1. The van der Waals surface area contributed by atoms with Crippen molar-refractivity contribution in [2.24, 2.45) is 0 Å². The highest BCUT2D eigenvalue weighted by Crippen LogP contribution is 2.32. The second kappa shape index (κ2) is 7.71. The maximum absolute atomic E-state index is 12.0. The maximum atomic E-state index is 12.0. The van der Waals surface area contributed by atoms with Gasteiger partial charge in [-0.3, -0.25) is 0 Å². The van der Waals surface area contributed by atoms with Gasteiger partial charge in [0.2, 0.25) is 0 Å². The molecule has 0 spiro atoms. The quantitative estimate of drug-likeness (QED) is 0.703. The van der Waals surface area contributed by atoms with Gasteiger partial charge >= 0.3 is 6.03 Å². The van der Waals surface area contributed by atoms with Crippen molar-refractivity contribution in [1.29, 1.82) is 0 Å². The summed E-state index contributed by atoms with van der Waals surface area (Å²) in [6, 6.07) is 13.2. The number of ether oxygens (including phenoxy) is 1. The number of carbonyl (C=O) groups excluding carboxylic acids is 1. The minimum atomic E-state index is -0.314. The van der Waals surface area contributed by atoms with E-state index in [4.69, 9.17) is 4.74 Å². The summed E-state index contributed by atoms with van der Waals surface area (Å²) in [6.07, 6.45) is 0. The van der Waals surface area contributed by atoms with Crippen molar-refractivity contribution in [1.82, 2.24) is 5.32 Å². The van der Waals surface area contributed by atoms with Gasteiger partial charge in [0.15, 0.2) is 6.73 Å². The molecule has 0 aliphatic carbocycles. The fraction of sp³-hybridized carbons (Fsp3) is 0.316. The Labute approximate surface area is 151 Å². The number of aryl methyl sites for hydroxylation is 1. The van der Waals surface area contributed by atoms with E-state index in [2.05, 4.69) is 60.3 Å². The normalized spacial score (nSPS) is 11.0. The number of carbonyl (C=O) groups is 1.